The lowest BCUT2D eigenvalue weighted by Gasteiger charge is -2.47. The maximum atomic E-state index is 4.41. The van der Waals surface area contributed by atoms with Gasteiger partial charge in [0.25, 0.3) is 0 Å². The summed E-state index contributed by atoms with van der Waals surface area (Å²) in [6, 6.07) is 4.47. The van der Waals surface area contributed by atoms with Gasteiger partial charge in [-0.15, -0.1) is 0 Å². The van der Waals surface area contributed by atoms with Gasteiger partial charge < -0.3 is 10.2 Å². The van der Waals surface area contributed by atoms with Crippen molar-refractivity contribution in [2.75, 3.05) is 7.05 Å². The van der Waals surface area contributed by atoms with E-state index in [1.165, 1.54) is 37.8 Å². The number of rotatable bonds is 3. The Morgan fingerprint density at radius 3 is 2.53 bits per heavy atom. The van der Waals surface area contributed by atoms with E-state index in [-0.39, 0.29) is 0 Å². The van der Waals surface area contributed by atoms with Crippen LogP contribution in [-0.4, -0.2) is 39.9 Å². The summed E-state index contributed by atoms with van der Waals surface area (Å²) >= 11 is 0. The highest BCUT2D eigenvalue weighted by Gasteiger charge is 2.35. The zero-order chi connectivity index (χ0) is 13.4. The molecule has 1 aromatic heterocycles. The summed E-state index contributed by atoms with van der Waals surface area (Å²) in [5, 5.41) is 8.17. The minimum Gasteiger partial charge on any atom is -0.308 e. The Kier molecular flexibility index (Phi) is 3.63. The van der Waals surface area contributed by atoms with Crippen LogP contribution in [-0.2, 0) is 13.6 Å². The number of aromatic nitrogens is 2. The van der Waals surface area contributed by atoms with Crippen LogP contribution in [0.15, 0.2) is 6.07 Å². The summed E-state index contributed by atoms with van der Waals surface area (Å²) in [5.74, 6) is 0. The lowest BCUT2D eigenvalue weighted by atomic mass is 9.82. The van der Waals surface area contributed by atoms with E-state index in [1.807, 2.05) is 11.7 Å². The van der Waals surface area contributed by atoms with Gasteiger partial charge >= 0.3 is 0 Å². The van der Waals surface area contributed by atoms with Crippen LogP contribution in [0.25, 0.3) is 0 Å². The summed E-state index contributed by atoms with van der Waals surface area (Å²) in [5.41, 5.74) is 2.40. The molecule has 4 nitrogen and oxygen atoms in total. The van der Waals surface area contributed by atoms with Gasteiger partial charge in [0, 0.05) is 31.7 Å². The van der Waals surface area contributed by atoms with Gasteiger partial charge in [0.1, 0.15) is 0 Å². The number of aryl methyl sites for hydroxylation is 2. The van der Waals surface area contributed by atoms with E-state index in [0.29, 0.717) is 6.04 Å². The van der Waals surface area contributed by atoms with Gasteiger partial charge in [-0.1, -0.05) is 6.42 Å². The molecule has 0 aromatic carbocycles. The van der Waals surface area contributed by atoms with Gasteiger partial charge in [-0.2, -0.15) is 5.10 Å². The molecule has 2 aliphatic rings. The molecule has 2 bridgehead atoms. The summed E-state index contributed by atoms with van der Waals surface area (Å²) in [4.78, 5) is 2.62. The average molecular weight is 262 g/mol. The minimum atomic E-state index is 0.682. The van der Waals surface area contributed by atoms with E-state index in [4.69, 9.17) is 0 Å². The van der Waals surface area contributed by atoms with Crippen molar-refractivity contribution in [3.8, 4) is 0 Å². The third-order valence-electron chi connectivity index (χ3n) is 5.01. The Morgan fingerprint density at radius 2 is 1.95 bits per heavy atom. The van der Waals surface area contributed by atoms with E-state index >= 15 is 0 Å². The first-order valence-corrected chi connectivity index (χ1v) is 7.58. The van der Waals surface area contributed by atoms with Crippen LogP contribution in [0, 0.1) is 6.92 Å². The van der Waals surface area contributed by atoms with E-state index < -0.39 is 0 Å². The summed E-state index contributed by atoms with van der Waals surface area (Å²) < 4.78 is 2.00. The number of fused-ring (bicyclic) bond motifs is 2. The highest BCUT2D eigenvalue weighted by atomic mass is 15.3. The van der Waals surface area contributed by atoms with E-state index in [9.17, 15) is 0 Å². The number of nitrogens with one attached hydrogen (secondary N) is 1. The first-order chi connectivity index (χ1) is 9.13. The second kappa shape index (κ2) is 5.25. The first-order valence-electron chi connectivity index (χ1n) is 7.58. The minimum absolute atomic E-state index is 0.682. The fraction of sp³-hybridized carbons (Fsp3) is 0.800. The molecule has 1 N–H and O–H groups in total. The molecule has 2 fully saturated rings. The summed E-state index contributed by atoms with van der Waals surface area (Å²) in [7, 11) is 4.35. The van der Waals surface area contributed by atoms with Crippen molar-refractivity contribution < 1.29 is 0 Å². The highest BCUT2D eigenvalue weighted by Crippen LogP contribution is 2.32. The van der Waals surface area contributed by atoms with Crippen LogP contribution < -0.4 is 5.32 Å². The normalized spacial score (nSPS) is 31.6. The van der Waals surface area contributed by atoms with E-state index in [1.54, 1.807) is 0 Å². The molecular formula is C15H26N4. The van der Waals surface area contributed by atoms with Crippen LogP contribution in [0.1, 0.15) is 43.5 Å². The van der Waals surface area contributed by atoms with Crippen molar-refractivity contribution in [1.82, 2.24) is 20.0 Å². The van der Waals surface area contributed by atoms with Crippen molar-refractivity contribution in [2.45, 2.75) is 63.7 Å². The maximum Gasteiger partial charge on any atom is 0.0597 e. The second-order valence-electron chi connectivity index (χ2n) is 6.35. The SMILES string of the molecule is Cc1cc(CNC2CC3CCCC(C2)N3C)n(C)n1. The first kappa shape index (κ1) is 13.1. The van der Waals surface area contributed by atoms with Crippen molar-refractivity contribution in [3.05, 3.63) is 17.5 Å². The zero-order valence-electron chi connectivity index (χ0n) is 12.4. The third kappa shape index (κ3) is 2.70. The largest absolute Gasteiger partial charge is 0.308 e. The predicted molar refractivity (Wildman–Crippen MR) is 77.0 cm³/mol. The quantitative estimate of drug-likeness (QED) is 0.902. The molecule has 0 radical (unpaired) electrons. The molecule has 0 amide bonds. The van der Waals surface area contributed by atoms with Crippen LogP contribution in [0.3, 0.4) is 0 Å². The molecule has 106 valence electrons. The number of hydrogen-bond acceptors (Lipinski definition) is 3. The fourth-order valence-electron chi connectivity index (χ4n) is 3.86. The molecular weight excluding hydrogens is 236 g/mol. The van der Waals surface area contributed by atoms with E-state index in [0.717, 1.165) is 24.3 Å². The Bertz CT molecular complexity index is 425. The molecule has 19 heavy (non-hydrogen) atoms. The van der Waals surface area contributed by atoms with Crippen molar-refractivity contribution >= 4 is 0 Å². The predicted octanol–water partition coefficient (Wildman–Crippen LogP) is 1.83. The fourth-order valence-corrected chi connectivity index (χ4v) is 3.86. The number of nitrogens with zero attached hydrogens (tertiary/aromatic N) is 3. The molecule has 0 aliphatic carbocycles. The van der Waals surface area contributed by atoms with Gasteiger partial charge in [-0.25, -0.2) is 0 Å². The molecule has 2 unspecified atom stereocenters. The molecule has 3 heterocycles. The molecule has 4 heteroatoms. The Hall–Kier alpha value is -0.870. The summed E-state index contributed by atoms with van der Waals surface area (Å²) in [6.07, 6.45) is 6.81. The van der Waals surface area contributed by atoms with Gasteiger partial charge in [-0.05, 0) is 45.7 Å². The Labute approximate surface area is 116 Å². The van der Waals surface area contributed by atoms with E-state index in [2.05, 4.69) is 35.4 Å². The number of piperidine rings is 2. The lowest BCUT2D eigenvalue weighted by Crippen LogP contribution is -2.54. The monoisotopic (exact) mass is 262 g/mol. The molecule has 1 aromatic rings. The smallest absolute Gasteiger partial charge is 0.0597 e. The molecule has 2 atom stereocenters. The Morgan fingerprint density at radius 1 is 1.26 bits per heavy atom. The second-order valence-corrected chi connectivity index (χ2v) is 6.35. The van der Waals surface area contributed by atoms with Crippen LogP contribution in [0.4, 0.5) is 0 Å². The topological polar surface area (TPSA) is 33.1 Å². The molecule has 3 rings (SSSR count). The average Bonchev–Trinajstić information content (AvgIpc) is 2.66. The molecule has 0 spiro atoms. The third-order valence-corrected chi connectivity index (χ3v) is 5.01. The summed E-state index contributed by atoms with van der Waals surface area (Å²) in [6.45, 7) is 3.01. The zero-order valence-corrected chi connectivity index (χ0v) is 12.4. The lowest BCUT2D eigenvalue weighted by molar-refractivity contribution is 0.0481. The van der Waals surface area contributed by atoms with Gasteiger partial charge in [-0.3, -0.25) is 4.68 Å². The van der Waals surface area contributed by atoms with Crippen molar-refractivity contribution in [3.63, 3.8) is 0 Å². The van der Waals surface area contributed by atoms with Crippen molar-refractivity contribution in [1.29, 1.82) is 0 Å². The standard InChI is InChI=1S/C15H26N4/c1-11-7-15(19(3)17-11)10-16-12-8-13-5-4-6-14(9-12)18(13)2/h7,12-14,16H,4-6,8-10H2,1-3H3. The number of hydrogen-bond donors (Lipinski definition) is 1. The van der Waals surface area contributed by atoms with Crippen LogP contribution >= 0.6 is 0 Å². The highest BCUT2D eigenvalue weighted by molar-refractivity contribution is 5.08. The Balaban J connectivity index is 1.58. The van der Waals surface area contributed by atoms with Crippen LogP contribution in [0.2, 0.25) is 0 Å². The van der Waals surface area contributed by atoms with Crippen molar-refractivity contribution in [2.24, 2.45) is 7.05 Å². The molecule has 2 saturated heterocycles. The van der Waals surface area contributed by atoms with Crippen LogP contribution in [0.5, 0.6) is 0 Å². The van der Waals surface area contributed by atoms with Gasteiger partial charge in [0.15, 0.2) is 0 Å². The maximum absolute atomic E-state index is 4.41. The van der Waals surface area contributed by atoms with Gasteiger partial charge in [0.05, 0.1) is 11.4 Å². The van der Waals surface area contributed by atoms with Gasteiger partial charge in [0.2, 0.25) is 0 Å². The molecule has 0 saturated carbocycles. The molecule has 2 aliphatic heterocycles.